The summed E-state index contributed by atoms with van der Waals surface area (Å²) in [6, 6.07) is 21.4. The molecule has 1 atom stereocenters. The lowest BCUT2D eigenvalue weighted by atomic mass is 9.76. The Hall–Kier alpha value is -3.80. The van der Waals surface area contributed by atoms with Crippen molar-refractivity contribution in [1.29, 1.82) is 0 Å². The lowest BCUT2D eigenvalue weighted by molar-refractivity contribution is -0.385. The maximum Gasteiger partial charge on any atom is 0.314 e. The summed E-state index contributed by atoms with van der Waals surface area (Å²) in [6.07, 6.45) is 4.02. The first-order chi connectivity index (χ1) is 14.9. The van der Waals surface area contributed by atoms with Crippen molar-refractivity contribution in [2.24, 2.45) is 0 Å². The van der Waals surface area contributed by atoms with E-state index in [-0.39, 0.29) is 11.4 Å². The summed E-state index contributed by atoms with van der Waals surface area (Å²) in [5.41, 5.74) is 2.36. The van der Waals surface area contributed by atoms with Gasteiger partial charge >= 0.3 is 5.69 Å². The van der Waals surface area contributed by atoms with Crippen LogP contribution >= 0.6 is 0 Å². The van der Waals surface area contributed by atoms with Crippen LogP contribution in [0, 0.1) is 10.1 Å². The fraction of sp³-hybridized carbons (Fsp3) is 0.200. The average Bonchev–Trinajstić information content (AvgIpc) is 2.97. The number of ether oxygens (including phenoxy) is 2. The van der Waals surface area contributed by atoms with Crippen LogP contribution in [0.2, 0.25) is 0 Å². The number of benzene rings is 3. The number of hydrogen-bond acceptors (Lipinski definition) is 5. The Labute approximate surface area is 180 Å². The summed E-state index contributed by atoms with van der Waals surface area (Å²) in [5, 5.41) is 11.6. The van der Waals surface area contributed by atoms with Crippen LogP contribution in [0.4, 0.5) is 17.1 Å². The largest absolute Gasteiger partial charge is 0.488 e. The Balaban J connectivity index is 1.78. The molecule has 0 N–H and O–H groups in total. The van der Waals surface area contributed by atoms with Gasteiger partial charge in [0, 0.05) is 23.0 Å². The third-order valence-corrected chi connectivity index (χ3v) is 6.33. The fourth-order valence-electron chi connectivity index (χ4n) is 4.75. The third kappa shape index (κ3) is 2.51. The third-order valence-electron chi connectivity index (χ3n) is 6.33. The molecule has 156 valence electrons. The van der Waals surface area contributed by atoms with E-state index in [1.54, 1.807) is 6.07 Å². The van der Waals surface area contributed by atoms with Crippen LogP contribution in [0.1, 0.15) is 25.0 Å². The first kappa shape index (κ1) is 19.2. The molecule has 0 unspecified atom stereocenters. The van der Waals surface area contributed by atoms with Crippen molar-refractivity contribution in [2.75, 3.05) is 12.0 Å². The maximum atomic E-state index is 11.6. The fourth-order valence-corrected chi connectivity index (χ4v) is 4.75. The molecule has 0 radical (unpaired) electrons. The van der Waals surface area contributed by atoms with Gasteiger partial charge in [0.25, 0.3) is 0 Å². The molecule has 0 aliphatic carbocycles. The van der Waals surface area contributed by atoms with E-state index in [0.29, 0.717) is 5.75 Å². The molecular formula is C25H22N2O4. The SMILES string of the molecule is COc1c([N+](=O)[O-])ccc2c1O[C@@]1(C=C2)N(c2ccccc2)c2ccccc2C1(C)C. The minimum Gasteiger partial charge on any atom is -0.488 e. The number of anilines is 2. The molecule has 5 rings (SSSR count). The van der Waals surface area contributed by atoms with Crippen LogP contribution in [0.15, 0.2) is 72.8 Å². The molecule has 2 aliphatic heterocycles. The van der Waals surface area contributed by atoms with Gasteiger partial charge in [-0.3, -0.25) is 15.0 Å². The average molecular weight is 414 g/mol. The number of fused-ring (bicyclic) bond motifs is 2. The molecule has 0 bridgehead atoms. The van der Waals surface area contributed by atoms with Crippen LogP contribution in [0.3, 0.4) is 0 Å². The number of para-hydroxylation sites is 2. The van der Waals surface area contributed by atoms with Crippen molar-refractivity contribution in [2.45, 2.75) is 25.0 Å². The van der Waals surface area contributed by atoms with E-state index in [1.807, 2.05) is 54.6 Å². The summed E-state index contributed by atoms with van der Waals surface area (Å²) < 4.78 is 12.2. The van der Waals surface area contributed by atoms with Gasteiger partial charge < -0.3 is 9.47 Å². The van der Waals surface area contributed by atoms with Crippen LogP contribution in [-0.4, -0.2) is 17.8 Å². The van der Waals surface area contributed by atoms with Crippen LogP contribution in [-0.2, 0) is 5.41 Å². The van der Waals surface area contributed by atoms with Crippen molar-refractivity contribution >= 4 is 23.1 Å². The Morgan fingerprint density at radius 2 is 1.71 bits per heavy atom. The summed E-state index contributed by atoms with van der Waals surface area (Å²) in [7, 11) is 1.43. The normalized spacial score (nSPS) is 20.2. The van der Waals surface area contributed by atoms with Gasteiger partial charge in [0.1, 0.15) is 0 Å². The van der Waals surface area contributed by atoms with E-state index < -0.39 is 16.1 Å². The highest BCUT2D eigenvalue weighted by atomic mass is 16.6. The van der Waals surface area contributed by atoms with E-state index in [2.05, 4.69) is 30.9 Å². The van der Waals surface area contributed by atoms with E-state index >= 15 is 0 Å². The number of methoxy groups -OCH3 is 1. The molecule has 0 amide bonds. The molecule has 2 heterocycles. The molecule has 6 heteroatoms. The molecule has 0 fully saturated rings. The minimum absolute atomic E-state index is 0.119. The Morgan fingerprint density at radius 3 is 2.42 bits per heavy atom. The quantitative estimate of drug-likeness (QED) is 0.398. The first-order valence-electron chi connectivity index (χ1n) is 10.1. The highest BCUT2D eigenvalue weighted by Crippen LogP contribution is 2.59. The Morgan fingerprint density at radius 1 is 1.00 bits per heavy atom. The van der Waals surface area contributed by atoms with Crippen molar-refractivity contribution in [3.8, 4) is 11.5 Å². The van der Waals surface area contributed by atoms with E-state index in [1.165, 1.54) is 13.2 Å². The van der Waals surface area contributed by atoms with Gasteiger partial charge in [-0.15, -0.1) is 0 Å². The van der Waals surface area contributed by atoms with Crippen molar-refractivity contribution in [3.05, 3.63) is 94.0 Å². The smallest absolute Gasteiger partial charge is 0.314 e. The second kappa shape index (κ2) is 6.60. The second-order valence-corrected chi connectivity index (χ2v) is 8.24. The lowest BCUT2D eigenvalue weighted by Gasteiger charge is -2.47. The van der Waals surface area contributed by atoms with Gasteiger partial charge in [-0.1, -0.05) is 36.4 Å². The zero-order chi connectivity index (χ0) is 21.8. The van der Waals surface area contributed by atoms with Crippen LogP contribution in [0.25, 0.3) is 6.08 Å². The molecule has 0 aromatic heterocycles. The predicted octanol–water partition coefficient (Wildman–Crippen LogP) is 5.83. The Bertz CT molecular complexity index is 1220. The van der Waals surface area contributed by atoms with Crippen LogP contribution in [0.5, 0.6) is 11.5 Å². The Kier molecular flexibility index (Phi) is 4.09. The molecule has 3 aromatic carbocycles. The van der Waals surface area contributed by atoms with Crippen molar-refractivity contribution < 1.29 is 14.4 Å². The zero-order valence-electron chi connectivity index (χ0n) is 17.5. The highest BCUT2D eigenvalue weighted by molar-refractivity contribution is 5.81. The number of rotatable bonds is 3. The molecule has 0 saturated carbocycles. The lowest BCUT2D eigenvalue weighted by Crippen LogP contribution is -2.57. The molecule has 31 heavy (non-hydrogen) atoms. The second-order valence-electron chi connectivity index (χ2n) is 8.24. The van der Waals surface area contributed by atoms with Gasteiger partial charge in [-0.05, 0) is 55.8 Å². The van der Waals surface area contributed by atoms with Gasteiger partial charge in [-0.25, -0.2) is 0 Å². The molecule has 6 nitrogen and oxygen atoms in total. The standard InChI is InChI=1S/C25H22N2O4/c1-24(2)19-11-7-8-12-20(19)26(18-9-5-4-6-10-18)25(24)16-15-17-13-14-21(27(28)29)23(30-3)22(17)31-25/h4-16H,1-3H3/t25-/m1/s1. The first-order valence-corrected chi connectivity index (χ1v) is 10.1. The maximum absolute atomic E-state index is 11.6. The zero-order valence-corrected chi connectivity index (χ0v) is 17.5. The summed E-state index contributed by atoms with van der Waals surface area (Å²) in [5.74, 6) is 0.506. The molecule has 3 aromatic rings. The van der Waals surface area contributed by atoms with E-state index in [4.69, 9.17) is 9.47 Å². The van der Waals surface area contributed by atoms with Gasteiger partial charge in [0.15, 0.2) is 5.75 Å². The van der Waals surface area contributed by atoms with Gasteiger partial charge in [-0.2, -0.15) is 0 Å². The van der Waals surface area contributed by atoms with E-state index in [0.717, 1.165) is 22.5 Å². The number of nitro groups is 1. The highest BCUT2D eigenvalue weighted by Gasteiger charge is 2.59. The number of hydrogen-bond donors (Lipinski definition) is 0. The van der Waals surface area contributed by atoms with Crippen LogP contribution < -0.4 is 14.4 Å². The van der Waals surface area contributed by atoms with Crippen molar-refractivity contribution in [3.63, 3.8) is 0 Å². The monoisotopic (exact) mass is 414 g/mol. The van der Waals surface area contributed by atoms with Crippen molar-refractivity contribution in [1.82, 2.24) is 0 Å². The molecule has 0 saturated heterocycles. The molecule has 2 aliphatic rings. The molecule has 1 spiro atoms. The van der Waals surface area contributed by atoms with Gasteiger partial charge in [0.2, 0.25) is 11.5 Å². The summed E-state index contributed by atoms with van der Waals surface area (Å²) >= 11 is 0. The minimum atomic E-state index is -0.937. The predicted molar refractivity (Wildman–Crippen MR) is 120 cm³/mol. The summed E-state index contributed by atoms with van der Waals surface area (Å²) in [4.78, 5) is 13.3. The van der Waals surface area contributed by atoms with E-state index in [9.17, 15) is 10.1 Å². The molecular weight excluding hydrogens is 392 g/mol. The summed E-state index contributed by atoms with van der Waals surface area (Å²) in [6.45, 7) is 4.27. The van der Waals surface area contributed by atoms with Gasteiger partial charge in [0.05, 0.1) is 17.4 Å². The number of nitro benzene ring substituents is 1. The topological polar surface area (TPSA) is 64.8 Å². The number of nitrogens with zero attached hydrogens (tertiary/aromatic N) is 2.